The first-order valence-electron chi connectivity index (χ1n) is 5.32. The molecule has 0 radical (unpaired) electrons. The Hall–Kier alpha value is -2.06. The summed E-state index contributed by atoms with van der Waals surface area (Å²) in [5, 5.41) is 4.24. The molecule has 6 nitrogen and oxygen atoms in total. The topological polar surface area (TPSA) is 68.3 Å². The molecule has 0 saturated heterocycles. The van der Waals surface area contributed by atoms with Crippen LogP contribution in [0.1, 0.15) is 0 Å². The second kappa shape index (κ2) is 4.56. The summed E-state index contributed by atoms with van der Waals surface area (Å²) < 4.78 is 12.6. The largest absolute Gasteiger partial charge is 0.497 e. The summed E-state index contributed by atoms with van der Waals surface area (Å²) in [5.74, 6) is 1.44. The number of hydrogen-bond acceptors (Lipinski definition) is 6. The van der Waals surface area contributed by atoms with E-state index in [2.05, 4.69) is 15.1 Å². The van der Waals surface area contributed by atoms with Crippen LogP contribution < -0.4 is 4.74 Å². The highest BCUT2D eigenvalue weighted by molar-refractivity contribution is 7.71. The number of H-pyrrole nitrogens is 1. The number of rotatable bonds is 2. The number of aromatic nitrogens is 4. The lowest BCUT2D eigenvalue weighted by molar-refractivity contribution is 0.415. The number of fused-ring (bicyclic) bond motifs is 1. The van der Waals surface area contributed by atoms with Gasteiger partial charge in [-0.3, -0.25) is 0 Å². The molecule has 3 rings (SSSR count). The third-order valence-electron chi connectivity index (χ3n) is 2.50. The third-order valence-corrected chi connectivity index (χ3v) is 2.97. The molecule has 8 heteroatoms. The predicted molar refractivity (Wildman–Crippen MR) is 73.3 cm³/mol. The van der Waals surface area contributed by atoms with Crippen molar-refractivity contribution in [3.05, 3.63) is 33.8 Å². The van der Waals surface area contributed by atoms with Gasteiger partial charge in [-0.2, -0.15) is 9.50 Å². The van der Waals surface area contributed by atoms with Crippen LogP contribution in [0.15, 0.2) is 28.7 Å². The molecule has 19 heavy (non-hydrogen) atoms. The Morgan fingerprint density at radius 1 is 1.26 bits per heavy atom. The Kier molecular flexibility index (Phi) is 2.88. The van der Waals surface area contributed by atoms with E-state index >= 15 is 0 Å². The van der Waals surface area contributed by atoms with Crippen LogP contribution in [-0.2, 0) is 0 Å². The average Bonchev–Trinajstić information content (AvgIpc) is 2.83. The highest BCUT2D eigenvalue weighted by atomic mass is 32.1. The molecule has 0 aliphatic heterocycles. The van der Waals surface area contributed by atoms with E-state index in [-0.39, 0.29) is 10.6 Å². The number of methoxy groups -OCH3 is 1. The van der Waals surface area contributed by atoms with Gasteiger partial charge in [0.25, 0.3) is 0 Å². The first kappa shape index (κ1) is 12.0. The van der Waals surface area contributed by atoms with Gasteiger partial charge in [-0.25, -0.2) is 0 Å². The molecule has 3 aromatic rings. The Morgan fingerprint density at radius 2 is 2.00 bits per heavy atom. The predicted octanol–water partition coefficient (Wildman–Crippen LogP) is 2.78. The summed E-state index contributed by atoms with van der Waals surface area (Å²) >= 11 is 10.0. The maximum absolute atomic E-state index is 5.54. The molecule has 0 saturated carbocycles. The van der Waals surface area contributed by atoms with Crippen molar-refractivity contribution in [1.82, 2.24) is 19.6 Å². The molecular weight excluding hydrogens is 284 g/mol. The lowest BCUT2D eigenvalue weighted by atomic mass is 10.2. The van der Waals surface area contributed by atoms with E-state index in [1.165, 1.54) is 4.52 Å². The van der Waals surface area contributed by atoms with E-state index < -0.39 is 0 Å². The van der Waals surface area contributed by atoms with Gasteiger partial charge in [-0.1, -0.05) is 0 Å². The molecule has 2 aromatic heterocycles. The zero-order chi connectivity index (χ0) is 13.4. The smallest absolute Gasteiger partial charge is 0.330 e. The van der Waals surface area contributed by atoms with Gasteiger partial charge in [0.1, 0.15) is 5.75 Å². The molecule has 0 aliphatic rings. The first-order valence-corrected chi connectivity index (χ1v) is 6.13. The monoisotopic (exact) mass is 292 g/mol. The van der Waals surface area contributed by atoms with Crippen molar-refractivity contribution < 1.29 is 9.15 Å². The number of benzene rings is 1. The fraction of sp³-hybridized carbons (Fsp3) is 0.0909. The van der Waals surface area contributed by atoms with E-state index in [1.807, 2.05) is 24.3 Å². The molecule has 0 unspecified atom stereocenters. The van der Waals surface area contributed by atoms with Crippen LogP contribution in [0.4, 0.5) is 0 Å². The standard InChI is InChI=1S/C11H8N4O2S2/c1-16-7-4-2-6(3-5-7)8-14-15-10(17-8)12-9(18)13-11(15)19/h2-5H,1H3,(H,13,18,19). The first-order chi connectivity index (χ1) is 9.17. The minimum absolute atomic E-state index is 0.263. The summed E-state index contributed by atoms with van der Waals surface area (Å²) in [4.78, 5) is 6.75. The zero-order valence-electron chi connectivity index (χ0n) is 9.78. The molecule has 1 N–H and O–H groups in total. The van der Waals surface area contributed by atoms with Gasteiger partial charge >= 0.3 is 5.84 Å². The van der Waals surface area contributed by atoms with Gasteiger partial charge in [0.05, 0.1) is 7.11 Å². The van der Waals surface area contributed by atoms with Gasteiger partial charge in [0.15, 0.2) is 0 Å². The molecule has 0 fully saturated rings. The Labute approximate surface area is 117 Å². The van der Waals surface area contributed by atoms with Crippen molar-refractivity contribution in [1.29, 1.82) is 0 Å². The molecule has 2 heterocycles. The molecule has 0 atom stereocenters. The average molecular weight is 292 g/mol. The molecule has 1 aromatic carbocycles. The van der Waals surface area contributed by atoms with Gasteiger partial charge in [-0.05, 0) is 48.7 Å². The summed E-state index contributed by atoms with van der Waals surface area (Å²) in [5.41, 5.74) is 0.798. The molecule has 0 spiro atoms. The molecule has 0 amide bonds. The minimum atomic E-state index is 0.263. The lowest BCUT2D eigenvalue weighted by Crippen LogP contribution is -1.95. The summed E-state index contributed by atoms with van der Waals surface area (Å²) in [7, 11) is 1.61. The summed E-state index contributed by atoms with van der Waals surface area (Å²) in [6.07, 6.45) is 0. The third kappa shape index (κ3) is 2.15. The second-order valence-electron chi connectivity index (χ2n) is 3.68. The highest BCUT2D eigenvalue weighted by Crippen LogP contribution is 2.21. The maximum atomic E-state index is 5.54. The fourth-order valence-corrected chi connectivity index (χ4v) is 2.05. The van der Waals surface area contributed by atoms with Gasteiger partial charge in [-0.15, -0.1) is 5.10 Å². The van der Waals surface area contributed by atoms with Crippen LogP contribution in [-0.4, -0.2) is 26.7 Å². The summed E-state index contributed by atoms with van der Waals surface area (Å²) in [6, 6.07) is 7.32. The minimum Gasteiger partial charge on any atom is -0.497 e. The van der Waals surface area contributed by atoms with Gasteiger partial charge in [0, 0.05) is 5.56 Å². The SMILES string of the molecule is COc1ccc(-c2nn3c(=S)[nH]c(=S)nc3o2)cc1. The normalized spacial score (nSPS) is 10.8. The van der Waals surface area contributed by atoms with Crippen LogP contribution in [0.25, 0.3) is 17.3 Å². The van der Waals surface area contributed by atoms with Crippen LogP contribution >= 0.6 is 24.4 Å². The number of nitrogens with zero attached hydrogens (tertiary/aromatic N) is 3. The van der Waals surface area contributed by atoms with Gasteiger partial charge in [0.2, 0.25) is 15.4 Å². The summed E-state index contributed by atoms with van der Waals surface area (Å²) in [6.45, 7) is 0. The van der Waals surface area contributed by atoms with Crippen LogP contribution in [0, 0.1) is 9.54 Å². The van der Waals surface area contributed by atoms with E-state index in [9.17, 15) is 0 Å². The molecule has 96 valence electrons. The van der Waals surface area contributed by atoms with E-state index in [1.54, 1.807) is 7.11 Å². The van der Waals surface area contributed by atoms with Gasteiger partial charge < -0.3 is 14.1 Å². The van der Waals surface area contributed by atoms with Crippen LogP contribution in [0.5, 0.6) is 5.75 Å². The molecular formula is C11H8N4O2S2. The van der Waals surface area contributed by atoms with Crippen molar-refractivity contribution in [3.63, 3.8) is 0 Å². The van der Waals surface area contributed by atoms with E-state index in [0.717, 1.165) is 11.3 Å². The number of ether oxygens (including phenoxy) is 1. The molecule has 0 aliphatic carbocycles. The maximum Gasteiger partial charge on any atom is 0.330 e. The number of nitrogens with one attached hydrogen (secondary N) is 1. The zero-order valence-corrected chi connectivity index (χ0v) is 11.4. The van der Waals surface area contributed by atoms with Crippen LogP contribution in [0.3, 0.4) is 0 Å². The quantitative estimate of drug-likeness (QED) is 0.732. The van der Waals surface area contributed by atoms with Crippen molar-refractivity contribution in [2.75, 3.05) is 7.11 Å². The van der Waals surface area contributed by atoms with E-state index in [4.69, 9.17) is 33.6 Å². The molecule has 0 bridgehead atoms. The van der Waals surface area contributed by atoms with Crippen molar-refractivity contribution in [2.24, 2.45) is 0 Å². The second-order valence-corrected chi connectivity index (χ2v) is 4.45. The Balaban J connectivity index is 2.17. The van der Waals surface area contributed by atoms with Crippen molar-refractivity contribution in [2.45, 2.75) is 0 Å². The highest BCUT2D eigenvalue weighted by Gasteiger charge is 2.09. The van der Waals surface area contributed by atoms with E-state index in [0.29, 0.717) is 10.7 Å². The van der Waals surface area contributed by atoms with Crippen molar-refractivity contribution >= 4 is 30.3 Å². The number of hydrogen-bond donors (Lipinski definition) is 1. The number of aromatic amines is 1. The lowest BCUT2D eigenvalue weighted by Gasteiger charge is -1.98. The Bertz CT molecular complexity index is 847. The fourth-order valence-electron chi connectivity index (χ4n) is 1.60. The van der Waals surface area contributed by atoms with Crippen molar-refractivity contribution in [3.8, 4) is 17.2 Å². The Morgan fingerprint density at radius 3 is 2.68 bits per heavy atom. The van der Waals surface area contributed by atoms with Crippen LogP contribution in [0.2, 0.25) is 0 Å².